The van der Waals surface area contributed by atoms with Gasteiger partial charge in [0, 0.05) is 13.2 Å². The van der Waals surface area contributed by atoms with E-state index in [1.54, 1.807) is 13.8 Å². The zero-order chi connectivity index (χ0) is 11.8. The van der Waals surface area contributed by atoms with Gasteiger partial charge in [0.25, 0.3) is 0 Å². The monoisotopic (exact) mass is 212 g/mol. The van der Waals surface area contributed by atoms with Crippen LogP contribution in [-0.2, 0) is 4.74 Å². The fourth-order valence-electron chi connectivity index (χ4n) is 0.996. The molecular formula is C12H20O3. The fraction of sp³-hybridized carbons (Fsp3) is 0.500. The highest BCUT2D eigenvalue weighted by molar-refractivity contribution is 5.45. The molecule has 0 atom stereocenters. The third-order valence-corrected chi connectivity index (χ3v) is 2.14. The van der Waals surface area contributed by atoms with E-state index in [-0.39, 0.29) is 11.5 Å². The van der Waals surface area contributed by atoms with E-state index in [2.05, 4.69) is 0 Å². The zero-order valence-electron chi connectivity index (χ0n) is 9.87. The molecule has 0 unspecified atom stereocenters. The first-order chi connectivity index (χ1) is 7.04. The van der Waals surface area contributed by atoms with Crippen LogP contribution in [0.4, 0.5) is 0 Å². The van der Waals surface area contributed by atoms with E-state index in [1.165, 1.54) is 12.1 Å². The highest BCUT2D eigenvalue weighted by atomic mass is 16.5. The van der Waals surface area contributed by atoms with Gasteiger partial charge in [0.1, 0.15) is 11.5 Å². The molecular weight excluding hydrogens is 192 g/mol. The fourth-order valence-corrected chi connectivity index (χ4v) is 0.996. The predicted molar refractivity (Wildman–Crippen MR) is 61.4 cm³/mol. The van der Waals surface area contributed by atoms with Crippen LogP contribution in [0.25, 0.3) is 0 Å². The first kappa shape index (κ1) is 13.8. The number of phenolic OH excluding ortho intramolecular Hbond substituents is 2. The Balaban J connectivity index is 0.000000336. The van der Waals surface area contributed by atoms with Gasteiger partial charge >= 0.3 is 0 Å². The topological polar surface area (TPSA) is 49.7 Å². The molecule has 0 aliphatic carbocycles. The second kappa shape index (κ2) is 7.12. The van der Waals surface area contributed by atoms with Crippen LogP contribution in [0.5, 0.6) is 11.5 Å². The van der Waals surface area contributed by atoms with Crippen molar-refractivity contribution in [1.29, 1.82) is 0 Å². The van der Waals surface area contributed by atoms with Gasteiger partial charge < -0.3 is 14.9 Å². The maximum Gasteiger partial charge on any atom is 0.119 e. The van der Waals surface area contributed by atoms with Crippen LogP contribution in [0.1, 0.15) is 25.0 Å². The molecule has 1 aromatic rings. The first-order valence-corrected chi connectivity index (χ1v) is 5.10. The lowest BCUT2D eigenvalue weighted by Gasteiger charge is -2.03. The SMILES string of the molecule is CCOCC.Cc1c(O)ccc(O)c1C. The van der Waals surface area contributed by atoms with Crippen molar-refractivity contribution in [2.24, 2.45) is 0 Å². The van der Waals surface area contributed by atoms with Crippen molar-refractivity contribution >= 4 is 0 Å². The van der Waals surface area contributed by atoms with Crippen LogP contribution in [0.2, 0.25) is 0 Å². The van der Waals surface area contributed by atoms with Crippen molar-refractivity contribution in [1.82, 2.24) is 0 Å². The van der Waals surface area contributed by atoms with Crippen LogP contribution >= 0.6 is 0 Å². The Morgan fingerprint density at radius 2 is 1.27 bits per heavy atom. The molecule has 0 saturated carbocycles. The standard InChI is InChI=1S/C8H10O2.C4H10O/c1-5-6(2)8(10)4-3-7(5)9;1-3-5-4-2/h3-4,9-10H,1-2H3;3-4H2,1-2H3. The van der Waals surface area contributed by atoms with E-state index < -0.39 is 0 Å². The summed E-state index contributed by atoms with van der Waals surface area (Å²) in [5.74, 6) is 0.464. The Morgan fingerprint density at radius 1 is 0.933 bits per heavy atom. The van der Waals surface area contributed by atoms with Gasteiger partial charge in [0.05, 0.1) is 0 Å². The van der Waals surface area contributed by atoms with Crippen molar-refractivity contribution in [2.45, 2.75) is 27.7 Å². The average molecular weight is 212 g/mol. The minimum Gasteiger partial charge on any atom is -0.508 e. The van der Waals surface area contributed by atoms with E-state index in [4.69, 9.17) is 14.9 Å². The molecule has 2 N–H and O–H groups in total. The molecule has 3 nitrogen and oxygen atoms in total. The molecule has 3 heteroatoms. The summed E-state index contributed by atoms with van der Waals surface area (Å²) in [7, 11) is 0. The minimum atomic E-state index is 0.232. The van der Waals surface area contributed by atoms with Gasteiger partial charge in [-0.15, -0.1) is 0 Å². The lowest BCUT2D eigenvalue weighted by atomic mass is 10.1. The number of phenols is 2. The summed E-state index contributed by atoms with van der Waals surface area (Å²) in [4.78, 5) is 0. The lowest BCUT2D eigenvalue weighted by Crippen LogP contribution is -1.84. The van der Waals surface area contributed by atoms with Crippen molar-refractivity contribution in [2.75, 3.05) is 13.2 Å². The predicted octanol–water partition coefficient (Wildman–Crippen LogP) is 2.76. The number of hydrogen-bond donors (Lipinski definition) is 2. The molecule has 0 amide bonds. The third kappa shape index (κ3) is 4.70. The molecule has 0 radical (unpaired) electrons. The largest absolute Gasteiger partial charge is 0.508 e. The van der Waals surface area contributed by atoms with Gasteiger partial charge in [0.15, 0.2) is 0 Å². The van der Waals surface area contributed by atoms with E-state index in [9.17, 15) is 0 Å². The van der Waals surface area contributed by atoms with Gasteiger partial charge in [-0.3, -0.25) is 0 Å². The third-order valence-electron chi connectivity index (χ3n) is 2.14. The lowest BCUT2D eigenvalue weighted by molar-refractivity contribution is 0.162. The molecule has 0 bridgehead atoms. The summed E-state index contributed by atoms with van der Waals surface area (Å²) >= 11 is 0. The molecule has 0 fully saturated rings. The molecule has 0 aliphatic rings. The maximum atomic E-state index is 9.11. The van der Waals surface area contributed by atoms with Gasteiger partial charge in [0.2, 0.25) is 0 Å². The molecule has 0 aromatic heterocycles. The summed E-state index contributed by atoms with van der Waals surface area (Å²) < 4.78 is 4.83. The normalized spacial score (nSPS) is 9.33. The molecule has 0 spiro atoms. The number of benzene rings is 1. The Morgan fingerprint density at radius 3 is 1.47 bits per heavy atom. The highest BCUT2D eigenvalue weighted by Crippen LogP contribution is 2.26. The van der Waals surface area contributed by atoms with Gasteiger partial charge in [-0.05, 0) is 51.0 Å². The van der Waals surface area contributed by atoms with E-state index in [1.807, 2.05) is 13.8 Å². The number of ether oxygens (including phenoxy) is 1. The Hall–Kier alpha value is -1.22. The molecule has 0 heterocycles. The smallest absolute Gasteiger partial charge is 0.119 e. The molecule has 1 rings (SSSR count). The number of aromatic hydroxyl groups is 2. The highest BCUT2D eigenvalue weighted by Gasteiger charge is 2.02. The van der Waals surface area contributed by atoms with Gasteiger partial charge in [-0.1, -0.05) is 0 Å². The Labute approximate surface area is 91.3 Å². The molecule has 86 valence electrons. The minimum absolute atomic E-state index is 0.232. The quantitative estimate of drug-likeness (QED) is 0.741. The van der Waals surface area contributed by atoms with Crippen molar-refractivity contribution in [3.8, 4) is 11.5 Å². The molecule has 0 aliphatic heterocycles. The maximum absolute atomic E-state index is 9.11. The van der Waals surface area contributed by atoms with Crippen LogP contribution in [0.15, 0.2) is 12.1 Å². The summed E-state index contributed by atoms with van der Waals surface area (Å²) in [5, 5.41) is 18.2. The second-order valence-corrected chi connectivity index (χ2v) is 3.14. The van der Waals surface area contributed by atoms with Crippen molar-refractivity contribution < 1.29 is 14.9 Å². The molecule has 1 aromatic carbocycles. The van der Waals surface area contributed by atoms with Crippen LogP contribution in [0, 0.1) is 13.8 Å². The van der Waals surface area contributed by atoms with Crippen LogP contribution in [-0.4, -0.2) is 23.4 Å². The van der Waals surface area contributed by atoms with E-state index >= 15 is 0 Å². The summed E-state index contributed by atoms with van der Waals surface area (Å²) in [6.07, 6.45) is 0. The van der Waals surface area contributed by atoms with Crippen LogP contribution in [0.3, 0.4) is 0 Å². The van der Waals surface area contributed by atoms with E-state index in [0.717, 1.165) is 24.3 Å². The number of hydrogen-bond acceptors (Lipinski definition) is 3. The molecule has 0 saturated heterocycles. The van der Waals surface area contributed by atoms with E-state index in [0.29, 0.717) is 0 Å². The summed E-state index contributed by atoms with van der Waals surface area (Å²) in [5.41, 5.74) is 1.47. The number of rotatable bonds is 2. The summed E-state index contributed by atoms with van der Waals surface area (Å²) in [6, 6.07) is 2.97. The zero-order valence-corrected chi connectivity index (χ0v) is 9.87. The molecule has 15 heavy (non-hydrogen) atoms. The van der Waals surface area contributed by atoms with Gasteiger partial charge in [-0.2, -0.15) is 0 Å². The second-order valence-electron chi connectivity index (χ2n) is 3.14. The first-order valence-electron chi connectivity index (χ1n) is 5.10. The average Bonchev–Trinajstić information content (AvgIpc) is 2.23. The van der Waals surface area contributed by atoms with Crippen molar-refractivity contribution in [3.63, 3.8) is 0 Å². The van der Waals surface area contributed by atoms with Gasteiger partial charge in [-0.25, -0.2) is 0 Å². The Bertz CT molecular complexity index is 266. The Kier molecular flexibility index (Phi) is 6.54. The van der Waals surface area contributed by atoms with Crippen molar-refractivity contribution in [3.05, 3.63) is 23.3 Å². The van der Waals surface area contributed by atoms with Crippen LogP contribution < -0.4 is 0 Å². The summed E-state index contributed by atoms with van der Waals surface area (Å²) in [6.45, 7) is 9.20.